The molecule has 142 valence electrons. The van der Waals surface area contributed by atoms with Gasteiger partial charge in [-0.25, -0.2) is 4.98 Å². The monoisotopic (exact) mass is 368 g/mol. The Hall–Kier alpha value is -2.83. The molecule has 0 bridgehead atoms. The summed E-state index contributed by atoms with van der Waals surface area (Å²) >= 11 is 0. The Morgan fingerprint density at radius 3 is 2.74 bits per heavy atom. The van der Waals surface area contributed by atoms with Crippen molar-refractivity contribution < 1.29 is 13.9 Å². The second-order valence-electron chi connectivity index (χ2n) is 7.34. The van der Waals surface area contributed by atoms with E-state index in [1.807, 2.05) is 12.1 Å². The van der Waals surface area contributed by atoms with Crippen molar-refractivity contribution in [3.8, 4) is 5.75 Å². The van der Waals surface area contributed by atoms with Crippen LogP contribution in [0.15, 0.2) is 29.0 Å². The van der Waals surface area contributed by atoms with Crippen LogP contribution in [-0.4, -0.2) is 27.8 Å². The lowest BCUT2D eigenvalue weighted by molar-refractivity contribution is 0.102. The fraction of sp³-hybridized carbons (Fsp3) is 0.450. The first-order valence-electron chi connectivity index (χ1n) is 9.34. The molecular weight excluding hydrogens is 344 g/mol. The number of ether oxygens (including phenoxy) is 1. The van der Waals surface area contributed by atoms with Gasteiger partial charge in [-0.2, -0.15) is 5.10 Å². The summed E-state index contributed by atoms with van der Waals surface area (Å²) in [5.41, 5.74) is 1.69. The van der Waals surface area contributed by atoms with Crippen LogP contribution < -0.4 is 10.1 Å². The van der Waals surface area contributed by atoms with Gasteiger partial charge in [-0.05, 0) is 37.7 Å². The average molecular weight is 368 g/mol. The quantitative estimate of drug-likeness (QED) is 0.740. The minimum Gasteiger partial charge on any atom is -0.494 e. The zero-order valence-electron chi connectivity index (χ0n) is 15.9. The van der Waals surface area contributed by atoms with Crippen molar-refractivity contribution in [2.24, 2.45) is 5.92 Å². The van der Waals surface area contributed by atoms with E-state index in [1.165, 1.54) is 19.1 Å². The van der Waals surface area contributed by atoms with Crippen LogP contribution in [0.2, 0.25) is 0 Å². The molecule has 3 aromatic rings. The Morgan fingerprint density at radius 2 is 2.07 bits per heavy atom. The summed E-state index contributed by atoms with van der Waals surface area (Å²) < 4.78 is 12.6. The minimum atomic E-state index is -0.335. The highest BCUT2D eigenvalue weighted by Crippen LogP contribution is 2.34. The molecule has 4 rings (SSSR count). The summed E-state index contributed by atoms with van der Waals surface area (Å²) in [6.45, 7) is 4.01. The van der Waals surface area contributed by atoms with E-state index in [1.54, 1.807) is 14.0 Å². The van der Waals surface area contributed by atoms with Crippen LogP contribution in [0.3, 0.4) is 0 Å². The highest BCUT2D eigenvalue weighted by atomic mass is 16.5. The van der Waals surface area contributed by atoms with E-state index in [-0.39, 0.29) is 11.6 Å². The Balaban J connectivity index is 1.62. The first kappa shape index (κ1) is 17.6. The molecule has 1 amide bonds. The van der Waals surface area contributed by atoms with Gasteiger partial charge in [0.15, 0.2) is 11.6 Å². The van der Waals surface area contributed by atoms with Crippen LogP contribution in [-0.2, 0) is 0 Å². The van der Waals surface area contributed by atoms with E-state index in [4.69, 9.17) is 14.3 Å². The van der Waals surface area contributed by atoms with E-state index < -0.39 is 0 Å². The second-order valence-corrected chi connectivity index (χ2v) is 7.34. The third kappa shape index (κ3) is 3.54. The summed E-state index contributed by atoms with van der Waals surface area (Å²) in [5.74, 6) is 1.48. The van der Waals surface area contributed by atoms with Gasteiger partial charge in [0.25, 0.3) is 5.91 Å². The molecule has 0 unspecified atom stereocenters. The van der Waals surface area contributed by atoms with Gasteiger partial charge in [-0.3, -0.25) is 9.48 Å². The van der Waals surface area contributed by atoms with E-state index in [0.717, 1.165) is 29.7 Å². The fourth-order valence-electron chi connectivity index (χ4n) is 3.69. The normalized spacial score (nSPS) is 20.0. The van der Waals surface area contributed by atoms with Crippen molar-refractivity contribution in [2.45, 2.75) is 45.6 Å². The minimum absolute atomic E-state index is 0.238. The summed E-state index contributed by atoms with van der Waals surface area (Å²) in [5, 5.41) is 8.58. The second kappa shape index (κ2) is 7.06. The first-order valence-corrected chi connectivity index (χ1v) is 9.34. The lowest BCUT2D eigenvalue weighted by atomic mass is 9.87. The number of methoxy groups -OCH3 is 1. The number of carbonyl (C=O) groups excluding carboxylic acids is 1. The van der Waals surface area contributed by atoms with Crippen LogP contribution in [0.1, 0.15) is 55.0 Å². The van der Waals surface area contributed by atoms with Crippen LogP contribution >= 0.6 is 0 Å². The van der Waals surface area contributed by atoms with Gasteiger partial charge in [-0.15, -0.1) is 0 Å². The highest BCUT2D eigenvalue weighted by molar-refractivity contribution is 6.04. The SMILES string of the molecule is COc1cc2nn(C3CCC(C)CC3)cc2cc1NC(=O)c1coc(C)n1. The molecule has 7 heteroatoms. The summed E-state index contributed by atoms with van der Waals surface area (Å²) in [7, 11) is 1.58. The number of rotatable bonds is 4. The number of oxazole rings is 1. The van der Waals surface area contributed by atoms with Gasteiger partial charge < -0.3 is 14.5 Å². The van der Waals surface area contributed by atoms with Crippen LogP contribution in [0.4, 0.5) is 5.69 Å². The Morgan fingerprint density at radius 1 is 1.30 bits per heavy atom. The molecule has 1 N–H and O–H groups in total. The summed E-state index contributed by atoms with van der Waals surface area (Å²) in [6.07, 6.45) is 8.19. The molecule has 0 spiro atoms. The van der Waals surface area contributed by atoms with E-state index in [0.29, 0.717) is 23.4 Å². The topological polar surface area (TPSA) is 82.2 Å². The number of anilines is 1. The molecule has 2 aromatic heterocycles. The predicted octanol–water partition coefficient (Wildman–Crippen LogP) is 4.34. The van der Waals surface area contributed by atoms with Gasteiger partial charge in [0, 0.05) is 24.6 Å². The lowest BCUT2D eigenvalue weighted by Gasteiger charge is -2.26. The smallest absolute Gasteiger partial charge is 0.277 e. The van der Waals surface area contributed by atoms with Crippen molar-refractivity contribution in [1.29, 1.82) is 0 Å². The molecule has 7 nitrogen and oxygen atoms in total. The van der Waals surface area contributed by atoms with Crippen molar-refractivity contribution in [2.75, 3.05) is 12.4 Å². The molecule has 1 saturated carbocycles. The molecule has 0 aliphatic heterocycles. The molecule has 1 fully saturated rings. The molecular formula is C20H24N4O3. The average Bonchev–Trinajstić information content (AvgIpc) is 3.27. The van der Waals surface area contributed by atoms with Crippen molar-refractivity contribution in [3.63, 3.8) is 0 Å². The molecule has 1 aliphatic carbocycles. The first-order chi connectivity index (χ1) is 13.0. The zero-order chi connectivity index (χ0) is 19.0. The summed E-state index contributed by atoms with van der Waals surface area (Å²) in [6, 6.07) is 4.20. The van der Waals surface area contributed by atoms with Crippen LogP contribution in [0.25, 0.3) is 10.9 Å². The third-order valence-electron chi connectivity index (χ3n) is 5.30. The van der Waals surface area contributed by atoms with E-state index >= 15 is 0 Å². The number of hydrogen-bond acceptors (Lipinski definition) is 5. The van der Waals surface area contributed by atoms with Crippen molar-refractivity contribution >= 4 is 22.5 Å². The van der Waals surface area contributed by atoms with Gasteiger partial charge in [-0.1, -0.05) is 6.92 Å². The van der Waals surface area contributed by atoms with Gasteiger partial charge in [0.05, 0.1) is 24.4 Å². The number of carbonyl (C=O) groups is 1. The standard InChI is InChI=1S/C20H24N4O3/c1-12-4-6-15(7-5-12)24-10-14-8-17(19(26-3)9-16(14)23-24)22-20(25)18-11-27-13(2)21-18/h8-12,15H,4-7H2,1-3H3,(H,22,25). The van der Waals surface area contributed by atoms with E-state index in [2.05, 4.69) is 28.1 Å². The van der Waals surface area contributed by atoms with Crippen LogP contribution in [0, 0.1) is 12.8 Å². The number of aromatic nitrogens is 3. The van der Waals surface area contributed by atoms with Gasteiger partial charge in [0.2, 0.25) is 0 Å². The molecule has 1 aromatic carbocycles. The summed E-state index contributed by atoms with van der Waals surface area (Å²) in [4.78, 5) is 16.5. The largest absolute Gasteiger partial charge is 0.494 e. The number of nitrogens with zero attached hydrogens (tertiary/aromatic N) is 3. The van der Waals surface area contributed by atoms with Gasteiger partial charge >= 0.3 is 0 Å². The number of benzene rings is 1. The fourth-order valence-corrected chi connectivity index (χ4v) is 3.69. The molecule has 2 heterocycles. The Bertz CT molecular complexity index is 967. The maximum Gasteiger partial charge on any atom is 0.277 e. The molecule has 0 saturated heterocycles. The van der Waals surface area contributed by atoms with Crippen molar-refractivity contribution in [3.05, 3.63) is 36.2 Å². The zero-order valence-corrected chi connectivity index (χ0v) is 15.9. The number of fused-ring (bicyclic) bond motifs is 1. The number of aryl methyl sites for hydroxylation is 1. The Labute approximate surface area is 157 Å². The number of amides is 1. The molecule has 1 aliphatic rings. The molecule has 0 radical (unpaired) electrons. The lowest BCUT2D eigenvalue weighted by Crippen LogP contribution is -2.16. The maximum absolute atomic E-state index is 12.4. The van der Waals surface area contributed by atoms with Crippen molar-refractivity contribution in [1.82, 2.24) is 14.8 Å². The maximum atomic E-state index is 12.4. The number of hydrogen-bond donors (Lipinski definition) is 1. The van der Waals surface area contributed by atoms with Crippen LogP contribution in [0.5, 0.6) is 5.75 Å². The third-order valence-corrected chi connectivity index (χ3v) is 5.30. The van der Waals surface area contributed by atoms with E-state index in [9.17, 15) is 4.79 Å². The highest BCUT2D eigenvalue weighted by Gasteiger charge is 2.21. The predicted molar refractivity (Wildman–Crippen MR) is 102 cm³/mol. The number of nitrogens with one attached hydrogen (secondary N) is 1. The van der Waals surface area contributed by atoms with Gasteiger partial charge in [0.1, 0.15) is 12.0 Å². The molecule has 27 heavy (non-hydrogen) atoms. The molecule has 0 atom stereocenters. The Kier molecular flexibility index (Phi) is 4.59.